The molecule has 0 amide bonds. The van der Waals surface area contributed by atoms with E-state index in [4.69, 9.17) is 11.6 Å². The summed E-state index contributed by atoms with van der Waals surface area (Å²) in [5.41, 5.74) is 1.62. The zero-order chi connectivity index (χ0) is 23.2. The summed E-state index contributed by atoms with van der Waals surface area (Å²) in [6.07, 6.45) is 1.53. The number of hydrogen-bond acceptors (Lipinski definition) is 6. The van der Waals surface area contributed by atoms with Crippen molar-refractivity contribution in [1.29, 1.82) is 0 Å². The molecule has 1 aliphatic heterocycles. The zero-order valence-electron chi connectivity index (χ0n) is 17.8. The Hall–Kier alpha value is -3.21. The molecule has 0 unspecified atom stereocenters. The summed E-state index contributed by atoms with van der Waals surface area (Å²) >= 11 is 6.47. The second-order valence-electron chi connectivity index (χ2n) is 7.72. The maximum absolute atomic E-state index is 13.1. The highest BCUT2D eigenvalue weighted by Gasteiger charge is 2.30. The van der Waals surface area contributed by atoms with Crippen LogP contribution >= 0.6 is 11.6 Å². The number of aryl methyl sites for hydroxylation is 1. The summed E-state index contributed by atoms with van der Waals surface area (Å²) < 4.78 is 30.1. The summed E-state index contributed by atoms with van der Waals surface area (Å²) in [5.74, 6) is 0.369. The molecule has 1 fully saturated rings. The molecule has 5 rings (SSSR count). The molecule has 0 radical (unpaired) electrons. The Morgan fingerprint density at radius 3 is 2.30 bits per heavy atom. The molecular weight excluding hydrogens is 464 g/mol. The van der Waals surface area contributed by atoms with Gasteiger partial charge in [0, 0.05) is 33.2 Å². The second-order valence-corrected chi connectivity index (χ2v) is 10.0. The van der Waals surface area contributed by atoms with E-state index in [1.54, 1.807) is 34.9 Å². The van der Waals surface area contributed by atoms with Gasteiger partial charge in [-0.05, 0) is 24.3 Å². The lowest BCUT2D eigenvalue weighted by Gasteiger charge is -2.35. The first-order valence-corrected chi connectivity index (χ1v) is 12.2. The van der Waals surface area contributed by atoms with Crippen molar-refractivity contribution in [3.63, 3.8) is 0 Å². The first kappa shape index (κ1) is 21.6. The standard InChI is InChI=1S/C22H21ClN6O3S/c1-26-18-10-6-5-9-17(18)25-22(26)29-21(30)20(23)19(15-24-29)27-11-13-28(14-12-27)33(31,32)16-7-3-2-4-8-16/h2-10,15H,11-14H2,1H3. The molecule has 0 aliphatic carbocycles. The Morgan fingerprint density at radius 2 is 1.61 bits per heavy atom. The third-order valence-electron chi connectivity index (χ3n) is 5.81. The van der Waals surface area contributed by atoms with E-state index >= 15 is 0 Å². The summed E-state index contributed by atoms with van der Waals surface area (Å²) in [7, 11) is -1.75. The number of anilines is 1. The van der Waals surface area contributed by atoms with Gasteiger partial charge in [0.1, 0.15) is 5.02 Å². The van der Waals surface area contributed by atoms with Crippen molar-refractivity contribution < 1.29 is 8.42 Å². The Balaban J connectivity index is 1.40. The highest BCUT2D eigenvalue weighted by Crippen LogP contribution is 2.25. The van der Waals surface area contributed by atoms with Crippen LogP contribution in [0.25, 0.3) is 17.0 Å². The molecule has 33 heavy (non-hydrogen) atoms. The van der Waals surface area contributed by atoms with Gasteiger partial charge in [0.15, 0.2) is 0 Å². The Labute approximate surface area is 195 Å². The minimum atomic E-state index is -3.57. The predicted octanol–water partition coefficient (Wildman–Crippen LogP) is 2.28. The van der Waals surface area contributed by atoms with Crippen LogP contribution in [0.3, 0.4) is 0 Å². The maximum atomic E-state index is 13.1. The summed E-state index contributed by atoms with van der Waals surface area (Å²) in [4.78, 5) is 19.7. The molecule has 0 spiro atoms. The van der Waals surface area contributed by atoms with Gasteiger partial charge in [0.05, 0.1) is 27.8 Å². The second kappa shape index (κ2) is 8.29. The molecular formula is C22H21ClN6O3S. The smallest absolute Gasteiger partial charge is 0.295 e. The molecule has 0 N–H and O–H groups in total. The van der Waals surface area contributed by atoms with Crippen molar-refractivity contribution in [2.24, 2.45) is 7.05 Å². The van der Waals surface area contributed by atoms with Crippen LogP contribution in [0.15, 0.2) is 70.5 Å². The van der Waals surface area contributed by atoms with E-state index in [0.29, 0.717) is 24.7 Å². The summed E-state index contributed by atoms with van der Waals surface area (Å²) in [6, 6.07) is 15.9. The SMILES string of the molecule is Cn1c(-n2ncc(N3CCN(S(=O)(=O)c4ccccc4)CC3)c(Cl)c2=O)nc2ccccc21. The molecule has 4 aromatic rings. The normalized spacial score (nSPS) is 15.3. The fourth-order valence-corrected chi connectivity index (χ4v) is 5.71. The van der Waals surface area contributed by atoms with Crippen molar-refractivity contribution in [2.75, 3.05) is 31.1 Å². The Bertz CT molecular complexity index is 1490. The van der Waals surface area contributed by atoms with E-state index in [-0.39, 0.29) is 23.0 Å². The minimum Gasteiger partial charge on any atom is -0.366 e. The third-order valence-corrected chi connectivity index (χ3v) is 8.08. The van der Waals surface area contributed by atoms with Crippen molar-refractivity contribution in [3.05, 3.63) is 76.2 Å². The molecule has 0 atom stereocenters. The molecule has 2 aromatic heterocycles. The Kier molecular flexibility index (Phi) is 5.43. The monoisotopic (exact) mass is 484 g/mol. The van der Waals surface area contributed by atoms with Crippen molar-refractivity contribution in [3.8, 4) is 5.95 Å². The number of piperazine rings is 1. The van der Waals surface area contributed by atoms with E-state index < -0.39 is 15.6 Å². The van der Waals surface area contributed by atoms with Crippen LogP contribution in [-0.2, 0) is 17.1 Å². The van der Waals surface area contributed by atoms with Crippen molar-refractivity contribution >= 4 is 38.3 Å². The lowest BCUT2D eigenvalue weighted by molar-refractivity contribution is 0.384. The van der Waals surface area contributed by atoms with Gasteiger partial charge in [-0.2, -0.15) is 14.1 Å². The number of para-hydroxylation sites is 2. The van der Waals surface area contributed by atoms with Crippen LogP contribution in [0.4, 0.5) is 5.69 Å². The lowest BCUT2D eigenvalue weighted by atomic mass is 10.3. The average Bonchev–Trinajstić information content (AvgIpc) is 3.18. The summed E-state index contributed by atoms with van der Waals surface area (Å²) in [5, 5.41) is 4.34. The van der Waals surface area contributed by atoms with Crippen LogP contribution < -0.4 is 10.5 Å². The third kappa shape index (κ3) is 3.69. The number of sulfonamides is 1. The van der Waals surface area contributed by atoms with Crippen molar-refractivity contribution in [1.82, 2.24) is 23.6 Å². The van der Waals surface area contributed by atoms with Crippen LogP contribution in [0.5, 0.6) is 0 Å². The number of benzene rings is 2. The molecule has 3 heterocycles. The predicted molar refractivity (Wildman–Crippen MR) is 127 cm³/mol. The molecule has 170 valence electrons. The van der Waals surface area contributed by atoms with Crippen LogP contribution in [0.2, 0.25) is 5.02 Å². The zero-order valence-corrected chi connectivity index (χ0v) is 19.4. The van der Waals surface area contributed by atoms with Crippen LogP contribution in [0.1, 0.15) is 0 Å². The first-order chi connectivity index (χ1) is 15.9. The van der Waals surface area contributed by atoms with E-state index in [1.807, 2.05) is 36.2 Å². The quantitative estimate of drug-likeness (QED) is 0.441. The number of imidazole rings is 1. The largest absolute Gasteiger partial charge is 0.366 e. The van der Waals surface area contributed by atoms with Gasteiger partial charge in [-0.3, -0.25) is 4.79 Å². The van der Waals surface area contributed by atoms with Crippen molar-refractivity contribution in [2.45, 2.75) is 4.90 Å². The number of aromatic nitrogens is 4. The molecule has 1 aliphatic rings. The molecule has 0 saturated carbocycles. The number of halogens is 1. The molecule has 2 aromatic carbocycles. The summed E-state index contributed by atoms with van der Waals surface area (Å²) in [6.45, 7) is 1.34. The van der Waals surface area contributed by atoms with Gasteiger partial charge in [0.25, 0.3) is 5.56 Å². The molecule has 9 nitrogen and oxygen atoms in total. The molecule has 1 saturated heterocycles. The van der Waals surface area contributed by atoms with Crippen LogP contribution in [0, 0.1) is 0 Å². The van der Waals surface area contributed by atoms with Gasteiger partial charge < -0.3 is 9.47 Å². The number of nitrogens with zero attached hydrogens (tertiary/aromatic N) is 6. The fraction of sp³-hybridized carbons (Fsp3) is 0.227. The van der Waals surface area contributed by atoms with E-state index in [9.17, 15) is 13.2 Å². The topological polar surface area (TPSA) is 93.3 Å². The lowest BCUT2D eigenvalue weighted by Crippen LogP contribution is -2.49. The highest BCUT2D eigenvalue weighted by molar-refractivity contribution is 7.89. The van der Waals surface area contributed by atoms with Gasteiger partial charge in [-0.1, -0.05) is 41.9 Å². The first-order valence-electron chi connectivity index (χ1n) is 10.4. The minimum absolute atomic E-state index is 0.0245. The van der Waals surface area contributed by atoms with E-state index in [1.165, 1.54) is 15.2 Å². The average molecular weight is 485 g/mol. The number of fused-ring (bicyclic) bond motifs is 1. The molecule has 11 heteroatoms. The van der Waals surface area contributed by atoms with Crippen LogP contribution in [-0.4, -0.2) is 58.2 Å². The fourth-order valence-electron chi connectivity index (χ4n) is 4.02. The van der Waals surface area contributed by atoms with Gasteiger partial charge in [0.2, 0.25) is 16.0 Å². The van der Waals surface area contributed by atoms with Gasteiger partial charge in [-0.25, -0.2) is 13.4 Å². The number of hydrogen-bond donors (Lipinski definition) is 0. The highest BCUT2D eigenvalue weighted by atomic mass is 35.5. The van der Waals surface area contributed by atoms with Gasteiger partial charge >= 0.3 is 0 Å². The number of rotatable bonds is 4. The van der Waals surface area contributed by atoms with E-state index in [0.717, 1.165) is 11.0 Å². The maximum Gasteiger partial charge on any atom is 0.295 e. The van der Waals surface area contributed by atoms with E-state index in [2.05, 4.69) is 10.1 Å². The Morgan fingerprint density at radius 1 is 0.939 bits per heavy atom. The van der Waals surface area contributed by atoms with Gasteiger partial charge in [-0.15, -0.1) is 0 Å². The molecule has 0 bridgehead atoms.